The maximum Gasteiger partial charge on any atom is 0.295 e. The molecule has 3 rings (SSSR count). The van der Waals surface area contributed by atoms with Crippen molar-refractivity contribution in [1.82, 2.24) is 4.90 Å². The van der Waals surface area contributed by atoms with Gasteiger partial charge in [-0.2, -0.15) is 0 Å². The van der Waals surface area contributed by atoms with E-state index >= 15 is 0 Å². The number of hydrogen-bond acceptors (Lipinski definition) is 7. The minimum Gasteiger partial charge on any atom is -0.507 e. The second kappa shape index (κ2) is 12.1. The van der Waals surface area contributed by atoms with Crippen molar-refractivity contribution in [1.29, 1.82) is 0 Å². The molecule has 1 aliphatic rings. The van der Waals surface area contributed by atoms with Crippen LogP contribution in [0.2, 0.25) is 0 Å². The fourth-order valence-electron chi connectivity index (χ4n) is 3.97. The summed E-state index contributed by atoms with van der Waals surface area (Å²) in [6.07, 6.45) is 2.16. The normalized spacial score (nSPS) is 16.9. The average Bonchev–Trinajstić information content (AvgIpc) is 3.13. The lowest BCUT2D eigenvalue weighted by molar-refractivity contribution is -0.140. The number of benzene rings is 2. The minimum absolute atomic E-state index is 0.0137. The van der Waals surface area contributed by atoms with Crippen LogP contribution in [0, 0.1) is 0 Å². The number of carbonyl (C=O) groups is 2. The number of Topliss-reactive ketones (excluding diaryl/α,β-unsaturated/α-hetero) is 1. The number of nitrogens with zero attached hydrogens (tertiary/aromatic N) is 1. The lowest BCUT2D eigenvalue weighted by Gasteiger charge is -2.26. The van der Waals surface area contributed by atoms with E-state index in [9.17, 15) is 14.7 Å². The Bertz CT molecular complexity index is 1090. The van der Waals surface area contributed by atoms with Gasteiger partial charge in [0.2, 0.25) is 0 Å². The molecule has 1 heterocycles. The van der Waals surface area contributed by atoms with Crippen molar-refractivity contribution >= 4 is 17.4 Å². The molecule has 35 heavy (non-hydrogen) atoms. The topological polar surface area (TPSA) is 94.5 Å². The molecule has 0 aromatic heterocycles. The zero-order valence-electron chi connectivity index (χ0n) is 20.3. The second-order valence-corrected chi connectivity index (χ2v) is 7.81. The molecule has 1 unspecified atom stereocenters. The molecule has 1 amide bonds. The van der Waals surface area contributed by atoms with Gasteiger partial charge in [-0.05, 0) is 55.3 Å². The molecule has 2 aromatic rings. The number of rotatable bonds is 12. The monoisotopic (exact) mass is 481 g/mol. The van der Waals surface area contributed by atoms with Crippen LogP contribution in [-0.4, -0.2) is 62.3 Å². The number of hydrogen-bond donors (Lipinski definition) is 1. The highest BCUT2D eigenvalue weighted by Crippen LogP contribution is 2.42. The lowest BCUT2D eigenvalue weighted by atomic mass is 9.95. The summed E-state index contributed by atoms with van der Waals surface area (Å²) in [6.45, 7) is 6.91. The summed E-state index contributed by atoms with van der Waals surface area (Å²) in [6, 6.07) is 11.1. The molecule has 0 saturated carbocycles. The first-order chi connectivity index (χ1) is 17.0. The van der Waals surface area contributed by atoms with Crippen LogP contribution in [0.15, 0.2) is 60.7 Å². The van der Waals surface area contributed by atoms with Crippen molar-refractivity contribution in [2.45, 2.75) is 19.4 Å². The summed E-state index contributed by atoms with van der Waals surface area (Å²) in [5.41, 5.74) is 1.03. The Labute approximate surface area is 205 Å². The van der Waals surface area contributed by atoms with Crippen LogP contribution >= 0.6 is 0 Å². The summed E-state index contributed by atoms with van der Waals surface area (Å²) in [4.78, 5) is 27.7. The van der Waals surface area contributed by atoms with E-state index < -0.39 is 17.7 Å². The first-order valence-corrected chi connectivity index (χ1v) is 11.4. The van der Waals surface area contributed by atoms with Crippen molar-refractivity contribution in [3.8, 4) is 17.2 Å². The molecule has 1 atom stereocenters. The number of ketones is 1. The third-order valence-electron chi connectivity index (χ3n) is 5.59. The van der Waals surface area contributed by atoms with Crippen molar-refractivity contribution in [2.24, 2.45) is 0 Å². The van der Waals surface area contributed by atoms with E-state index in [1.54, 1.807) is 62.8 Å². The summed E-state index contributed by atoms with van der Waals surface area (Å²) >= 11 is 0. The Morgan fingerprint density at radius 3 is 2.46 bits per heavy atom. The fourth-order valence-corrected chi connectivity index (χ4v) is 3.97. The Balaban J connectivity index is 2.13. The van der Waals surface area contributed by atoms with Crippen LogP contribution in [0.5, 0.6) is 17.2 Å². The highest BCUT2D eigenvalue weighted by atomic mass is 16.5. The van der Waals surface area contributed by atoms with Crippen molar-refractivity contribution in [3.05, 3.63) is 71.8 Å². The molecule has 1 aliphatic heterocycles. The van der Waals surface area contributed by atoms with Crippen LogP contribution in [0.25, 0.3) is 5.76 Å². The molecule has 1 saturated heterocycles. The Kier molecular flexibility index (Phi) is 8.92. The highest BCUT2D eigenvalue weighted by Gasteiger charge is 2.46. The molecular weight excluding hydrogens is 450 g/mol. The largest absolute Gasteiger partial charge is 0.507 e. The van der Waals surface area contributed by atoms with Crippen molar-refractivity contribution in [2.75, 3.05) is 40.6 Å². The summed E-state index contributed by atoms with van der Waals surface area (Å²) < 4.78 is 21.8. The van der Waals surface area contributed by atoms with Crippen LogP contribution in [0.1, 0.15) is 30.5 Å². The quantitative estimate of drug-likeness (QED) is 0.160. The van der Waals surface area contributed by atoms with E-state index in [0.717, 1.165) is 0 Å². The van der Waals surface area contributed by atoms with Gasteiger partial charge in [-0.1, -0.05) is 18.7 Å². The molecule has 0 spiro atoms. The van der Waals surface area contributed by atoms with Crippen molar-refractivity contribution in [3.63, 3.8) is 0 Å². The van der Waals surface area contributed by atoms with Gasteiger partial charge >= 0.3 is 0 Å². The van der Waals surface area contributed by atoms with Gasteiger partial charge < -0.3 is 29.0 Å². The predicted molar refractivity (Wildman–Crippen MR) is 132 cm³/mol. The molecule has 8 nitrogen and oxygen atoms in total. The molecule has 186 valence electrons. The number of likely N-dealkylation sites (tertiary alicyclic amines) is 1. The summed E-state index contributed by atoms with van der Waals surface area (Å²) in [5.74, 6) is -0.0812. The van der Waals surface area contributed by atoms with Crippen molar-refractivity contribution < 1.29 is 33.6 Å². The smallest absolute Gasteiger partial charge is 0.295 e. The van der Waals surface area contributed by atoms with Gasteiger partial charge in [-0.15, -0.1) is 0 Å². The van der Waals surface area contributed by atoms with E-state index in [0.29, 0.717) is 54.6 Å². The molecule has 0 bridgehead atoms. The molecule has 0 radical (unpaired) electrons. The van der Waals surface area contributed by atoms with E-state index in [-0.39, 0.29) is 17.9 Å². The number of carbonyl (C=O) groups excluding carboxylic acids is 2. The lowest BCUT2D eigenvalue weighted by Crippen LogP contribution is -2.31. The molecule has 1 N–H and O–H groups in total. The minimum atomic E-state index is -0.804. The van der Waals surface area contributed by atoms with E-state index in [1.807, 2.05) is 6.92 Å². The van der Waals surface area contributed by atoms with Crippen LogP contribution in [0.3, 0.4) is 0 Å². The number of aliphatic hydroxyl groups is 1. The molecule has 8 heteroatoms. The van der Waals surface area contributed by atoms with Gasteiger partial charge in [-0.3, -0.25) is 9.59 Å². The van der Waals surface area contributed by atoms with Gasteiger partial charge in [0, 0.05) is 25.8 Å². The maximum atomic E-state index is 13.2. The Morgan fingerprint density at radius 2 is 1.83 bits per heavy atom. The zero-order valence-corrected chi connectivity index (χ0v) is 20.3. The van der Waals surface area contributed by atoms with Gasteiger partial charge in [0.15, 0.2) is 11.5 Å². The van der Waals surface area contributed by atoms with Gasteiger partial charge in [-0.25, -0.2) is 0 Å². The van der Waals surface area contributed by atoms with E-state index in [2.05, 4.69) is 6.58 Å². The molecule has 0 aliphatic carbocycles. The molecule has 1 fully saturated rings. The number of aliphatic hydroxyl groups excluding tert-OH is 1. The van der Waals surface area contributed by atoms with Crippen LogP contribution in [0.4, 0.5) is 0 Å². The maximum absolute atomic E-state index is 13.2. The average molecular weight is 482 g/mol. The molecule has 2 aromatic carbocycles. The number of ether oxygens (including phenoxy) is 4. The third kappa shape index (κ3) is 5.66. The van der Waals surface area contributed by atoms with Crippen LogP contribution < -0.4 is 14.2 Å². The number of methoxy groups -OCH3 is 2. The zero-order chi connectivity index (χ0) is 25.4. The third-order valence-corrected chi connectivity index (χ3v) is 5.59. The standard InChI is InChI=1S/C27H31NO7/c1-5-15-35-21-13-10-19(17-22(21)34-6-2)24-23(25(29)18-8-11-20(33-4)12-9-18)26(30)27(31)28(24)14-7-16-32-3/h5,8-13,17,24,29H,1,6-7,14-16H2,2-4H3. The number of amides is 1. The first-order valence-electron chi connectivity index (χ1n) is 11.4. The second-order valence-electron chi connectivity index (χ2n) is 7.81. The first kappa shape index (κ1) is 25.8. The summed E-state index contributed by atoms with van der Waals surface area (Å²) in [7, 11) is 3.12. The fraction of sp³-hybridized carbons (Fsp3) is 0.333. The van der Waals surface area contributed by atoms with Gasteiger partial charge in [0.1, 0.15) is 18.1 Å². The predicted octanol–water partition coefficient (Wildman–Crippen LogP) is 4.12. The summed E-state index contributed by atoms with van der Waals surface area (Å²) in [5, 5.41) is 11.2. The Hall–Kier alpha value is -3.78. The van der Waals surface area contributed by atoms with E-state index in [4.69, 9.17) is 18.9 Å². The van der Waals surface area contributed by atoms with Crippen LogP contribution in [-0.2, 0) is 14.3 Å². The van der Waals surface area contributed by atoms with Gasteiger partial charge in [0.05, 0.1) is 25.3 Å². The highest BCUT2D eigenvalue weighted by molar-refractivity contribution is 6.46. The SMILES string of the molecule is C=CCOc1ccc(C2C(=C(O)c3ccc(OC)cc3)C(=O)C(=O)N2CCCOC)cc1OCC. The Morgan fingerprint density at radius 1 is 1.09 bits per heavy atom. The molecular formula is C27H31NO7. The van der Waals surface area contributed by atoms with E-state index in [1.165, 1.54) is 4.90 Å². The van der Waals surface area contributed by atoms with Gasteiger partial charge in [0.25, 0.3) is 11.7 Å².